The first-order valence-electron chi connectivity index (χ1n) is 6.55. The van der Waals surface area contributed by atoms with Crippen LogP contribution in [-0.4, -0.2) is 5.84 Å². The third kappa shape index (κ3) is 3.90. The van der Waals surface area contributed by atoms with Crippen LogP contribution in [0.15, 0.2) is 36.4 Å². The van der Waals surface area contributed by atoms with E-state index in [-0.39, 0.29) is 5.84 Å². The molecule has 0 spiro atoms. The summed E-state index contributed by atoms with van der Waals surface area (Å²) in [5.74, 6) is 0.748. The standard InChI is InChI=1S/C16H16Cl2N2O/c1-2-10-7-13(5-6-14(10)17)21-9-12-4-3-11(16(19)20)8-15(12)18/h3-8H,2,9H2,1H3,(H3,19,20). The highest BCUT2D eigenvalue weighted by atomic mass is 35.5. The molecule has 21 heavy (non-hydrogen) atoms. The number of rotatable bonds is 5. The number of hydrogen-bond acceptors (Lipinski definition) is 2. The van der Waals surface area contributed by atoms with Gasteiger partial charge in [-0.3, -0.25) is 5.41 Å². The summed E-state index contributed by atoms with van der Waals surface area (Å²) in [7, 11) is 0. The van der Waals surface area contributed by atoms with E-state index in [2.05, 4.69) is 0 Å². The zero-order valence-corrected chi connectivity index (χ0v) is 13.1. The first-order chi connectivity index (χ1) is 10.0. The molecule has 0 aliphatic heterocycles. The minimum absolute atomic E-state index is 0.00495. The van der Waals surface area contributed by atoms with E-state index in [1.807, 2.05) is 31.2 Å². The molecule has 5 heteroatoms. The van der Waals surface area contributed by atoms with Crippen molar-refractivity contribution in [2.24, 2.45) is 5.73 Å². The Labute approximate surface area is 134 Å². The molecule has 2 rings (SSSR count). The van der Waals surface area contributed by atoms with Gasteiger partial charge in [0.2, 0.25) is 0 Å². The number of nitrogens with one attached hydrogen (secondary N) is 1. The Morgan fingerprint density at radius 1 is 1.10 bits per heavy atom. The molecule has 0 aliphatic rings. The summed E-state index contributed by atoms with van der Waals surface area (Å²) in [5.41, 5.74) is 7.92. The van der Waals surface area contributed by atoms with Crippen LogP contribution in [0.25, 0.3) is 0 Å². The highest BCUT2D eigenvalue weighted by molar-refractivity contribution is 6.32. The predicted octanol–water partition coefficient (Wildman–Crippen LogP) is 4.42. The van der Waals surface area contributed by atoms with Gasteiger partial charge in [-0.1, -0.05) is 42.3 Å². The molecule has 0 unspecified atom stereocenters. The van der Waals surface area contributed by atoms with Crippen molar-refractivity contribution < 1.29 is 4.74 Å². The molecular formula is C16H16Cl2N2O. The Bertz CT molecular complexity index is 671. The normalized spacial score (nSPS) is 10.4. The number of hydrogen-bond donors (Lipinski definition) is 2. The van der Waals surface area contributed by atoms with Crippen molar-refractivity contribution in [1.29, 1.82) is 5.41 Å². The molecule has 2 aromatic carbocycles. The van der Waals surface area contributed by atoms with Gasteiger partial charge in [-0.2, -0.15) is 0 Å². The van der Waals surface area contributed by atoms with Crippen molar-refractivity contribution in [3.63, 3.8) is 0 Å². The molecule has 2 aromatic rings. The smallest absolute Gasteiger partial charge is 0.122 e. The molecule has 0 saturated carbocycles. The van der Waals surface area contributed by atoms with Crippen LogP contribution >= 0.6 is 23.2 Å². The van der Waals surface area contributed by atoms with Crippen LogP contribution in [0.5, 0.6) is 5.75 Å². The number of benzene rings is 2. The number of ether oxygens (including phenoxy) is 1. The van der Waals surface area contributed by atoms with Crippen LogP contribution in [0.1, 0.15) is 23.6 Å². The van der Waals surface area contributed by atoms with E-state index >= 15 is 0 Å². The summed E-state index contributed by atoms with van der Waals surface area (Å²) in [4.78, 5) is 0. The van der Waals surface area contributed by atoms with Crippen LogP contribution in [0.4, 0.5) is 0 Å². The molecule has 0 fully saturated rings. The van der Waals surface area contributed by atoms with Gasteiger partial charge in [0.1, 0.15) is 18.2 Å². The van der Waals surface area contributed by atoms with Crippen LogP contribution < -0.4 is 10.5 Å². The summed E-state index contributed by atoms with van der Waals surface area (Å²) in [5, 5.41) is 8.66. The topological polar surface area (TPSA) is 59.1 Å². The van der Waals surface area contributed by atoms with Crippen molar-refractivity contribution in [2.45, 2.75) is 20.0 Å². The summed E-state index contributed by atoms with van der Waals surface area (Å²) in [6.45, 7) is 2.39. The fraction of sp³-hybridized carbons (Fsp3) is 0.188. The average Bonchev–Trinajstić information content (AvgIpc) is 2.47. The molecule has 0 aliphatic carbocycles. The SMILES string of the molecule is CCc1cc(OCc2ccc(C(=N)N)cc2Cl)ccc1Cl. The van der Waals surface area contributed by atoms with E-state index in [4.69, 9.17) is 39.1 Å². The Hall–Kier alpha value is -1.71. The van der Waals surface area contributed by atoms with E-state index in [9.17, 15) is 0 Å². The van der Waals surface area contributed by atoms with Gasteiger partial charge in [-0.15, -0.1) is 0 Å². The van der Waals surface area contributed by atoms with Crippen LogP contribution in [0, 0.1) is 5.41 Å². The fourth-order valence-corrected chi connectivity index (χ4v) is 2.39. The number of nitrogens with two attached hydrogens (primary N) is 1. The number of amidine groups is 1. The van der Waals surface area contributed by atoms with Gasteiger partial charge in [0.25, 0.3) is 0 Å². The molecule has 0 heterocycles. The van der Waals surface area contributed by atoms with E-state index in [0.29, 0.717) is 17.2 Å². The van der Waals surface area contributed by atoms with Gasteiger partial charge < -0.3 is 10.5 Å². The maximum Gasteiger partial charge on any atom is 0.122 e. The second kappa shape index (κ2) is 6.83. The van der Waals surface area contributed by atoms with Gasteiger partial charge in [0.05, 0.1) is 0 Å². The lowest BCUT2D eigenvalue weighted by atomic mass is 10.1. The minimum atomic E-state index is -0.00495. The zero-order chi connectivity index (χ0) is 15.4. The summed E-state index contributed by atoms with van der Waals surface area (Å²) >= 11 is 12.2. The Morgan fingerprint density at radius 3 is 2.48 bits per heavy atom. The van der Waals surface area contributed by atoms with E-state index in [0.717, 1.165) is 28.3 Å². The number of aryl methyl sites for hydroxylation is 1. The first-order valence-corrected chi connectivity index (χ1v) is 7.31. The van der Waals surface area contributed by atoms with Gasteiger partial charge in [0.15, 0.2) is 0 Å². The molecular weight excluding hydrogens is 307 g/mol. The Morgan fingerprint density at radius 2 is 1.86 bits per heavy atom. The van der Waals surface area contributed by atoms with Crippen molar-refractivity contribution in [3.05, 3.63) is 63.1 Å². The molecule has 0 saturated heterocycles. The molecule has 0 bridgehead atoms. The van der Waals surface area contributed by atoms with E-state index in [1.54, 1.807) is 12.1 Å². The quantitative estimate of drug-likeness (QED) is 0.632. The molecule has 0 radical (unpaired) electrons. The number of halogens is 2. The molecule has 3 N–H and O–H groups in total. The van der Waals surface area contributed by atoms with Crippen molar-refractivity contribution in [3.8, 4) is 5.75 Å². The van der Waals surface area contributed by atoms with Crippen LogP contribution in [0.2, 0.25) is 10.0 Å². The molecule has 0 aromatic heterocycles. The third-order valence-electron chi connectivity index (χ3n) is 3.16. The zero-order valence-electron chi connectivity index (χ0n) is 11.6. The highest BCUT2D eigenvalue weighted by Gasteiger charge is 2.06. The lowest BCUT2D eigenvalue weighted by Gasteiger charge is -2.10. The van der Waals surface area contributed by atoms with E-state index < -0.39 is 0 Å². The molecule has 3 nitrogen and oxygen atoms in total. The summed E-state index contributed by atoms with van der Waals surface area (Å²) in [6.07, 6.45) is 0.851. The van der Waals surface area contributed by atoms with Gasteiger partial charge in [0, 0.05) is 21.2 Å². The lowest BCUT2D eigenvalue weighted by Crippen LogP contribution is -2.11. The van der Waals surface area contributed by atoms with Gasteiger partial charge >= 0.3 is 0 Å². The van der Waals surface area contributed by atoms with Crippen LogP contribution in [0.3, 0.4) is 0 Å². The van der Waals surface area contributed by atoms with E-state index in [1.165, 1.54) is 0 Å². The maximum absolute atomic E-state index is 7.38. The molecule has 0 atom stereocenters. The first kappa shape index (κ1) is 15.7. The molecule has 0 amide bonds. The Kier molecular flexibility index (Phi) is 5.10. The monoisotopic (exact) mass is 322 g/mol. The second-order valence-electron chi connectivity index (χ2n) is 4.62. The van der Waals surface area contributed by atoms with Crippen molar-refractivity contribution in [1.82, 2.24) is 0 Å². The summed E-state index contributed by atoms with van der Waals surface area (Å²) in [6, 6.07) is 10.8. The summed E-state index contributed by atoms with van der Waals surface area (Å²) < 4.78 is 5.74. The number of nitrogen functional groups attached to an aromatic ring is 1. The van der Waals surface area contributed by atoms with Crippen molar-refractivity contribution >= 4 is 29.0 Å². The predicted molar refractivity (Wildman–Crippen MR) is 87.6 cm³/mol. The van der Waals surface area contributed by atoms with Gasteiger partial charge in [-0.25, -0.2) is 0 Å². The lowest BCUT2D eigenvalue weighted by molar-refractivity contribution is 0.306. The second-order valence-corrected chi connectivity index (χ2v) is 5.43. The van der Waals surface area contributed by atoms with Crippen molar-refractivity contribution in [2.75, 3.05) is 0 Å². The maximum atomic E-state index is 7.38. The van der Waals surface area contributed by atoms with Crippen LogP contribution in [-0.2, 0) is 13.0 Å². The third-order valence-corrected chi connectivity index (χ3v) is 3.88. The van der Waals surface area contributed by atoms with Gasteiger partial charge in [-0.05, 0) is 36.2 Å². The average molecular weight is 323 g/mol. The molecule has 110 valence electrons. The Balaban J connectivity index is 2.11. The largest absolute Gasteiger partial charge is 0.489 e. The fourth-order valence-electron chi connectivity index (χ4n) is 1.90. The highest BCUT2D eigenvalue weighted by Crippen LogP contribution is 2.24. The minimum Gasteiger partial charge on any atom is -0.489 e.